The highest BCUT2D eigenvalue weighted by atomic mass is 14.3. The molecule has 0 radical (unpaired) electrons. The highest BCUT2D eigenvalue weighted by Gasteiger charge is 2.22. The van der Waals surface area contributed by atoms with E-state index in [1.54, 1.807) is 0 Å². The third kappa shape index (κ3) is 8.30. The Labute approximate surface area is 489 Å². The molecule has 0 spiro atoms. The lowest BCUT2D eigenvalue weighted by Crippen LogP contribution is -1.93. The van der Waals surface area contributed by atoms with E-state index in [0.717, 1.165) is 11.1 Å². The Morgan fingerprint density at radius 1 is 0.0952 bits per heavy atom. The van der Waals surface area contributed by atoms with Crippen molar-refractivity contribution >= 4 is 64.6 Å². The average molecular weight is 1060 g/mol. The van der Waals surface area contributed by atoms with E-state index in [-0.39, 0.29) is 0 Å². The van der Waals surface area contributed by atoms with Gasteiger partial charge in [-0.25, -0.2) is 0 Å². The Morgan fingerprint density at radius 3 is 0.583 bits per heavy atom. The zero-order valence-corrected chi connectivity index (χ0v) is 46.2. The molecule has 0 aliphatic carbocycles. The van der Waals surface area contributed by atoms with Crippen LogP contribution in [0.5, 0.6) is 0 Å². The van der Waals surface area contributed by atoms with Gasteiger partial charge in [0.25, 0.3) is 0 Å². The Kier molecular flexibility index (Phi) is 12.0. The van der Waals surface area contributed by atoms with Gasteiger partial charge in [0.05, 0.1) is 0 Å². The highest BCUT2D eigenvalue weighted by molar-refractivity contribution is 6.27. The lowest BCUT2D eigenvalue weighted by atomic mass is 9.83. The maximum absolute atomic E-state index is 2.49. The van der Waals surface area contributed by atoms with Gasteiger partial charge >= 0.3 is 0 Å². The Hall–Kier alpha value is -10.9. The van der Waals surface area contributed by atoms with Gasteiger partial charge in [0.15, 0.2) is 0 Å². The van der Waals surface area contributed by atoms with Crippen molar-refractivity contribution in [1.29, 1.82) is 0 Å². The molecule has 0 saturated carbocycles. The van der Waals surface area contributed by atoms with Crippen molar-refractivity contribution in [3.63, 3.8) is 0 Å². The minimum atomic E-state index is 1.16. The fourth-order valence-corrected chi connectivity index (χ4v) is 13.6. The molecule has 0 bridgehead atoms. The van der Waals surface area contributed by atoms with E-state index in [1.807, 2.05) is 0 Å². The summed E-state index contributed by atoms with van der Waals surface area (Å²) in [5, 5.41) is 14.7. The Bertz CT molecular complexity index is 4880. The van der Waals surface area contributed by atoms with Gasteiger partial charge in [0.2, 0.25) is 0 Å². The van der Waals surface area contributed by atoms with Gasteiger partial charge in [-0.15, -0.1) is 0 Å². The van der Waals surface area contributed by atoms with Crippen molar-refractivity contribution in [1.82, 2.24) is 0 Å². The van der Waals surface area contributed by atoms with Crippen LogP contribution in [0.3, 0.4) is 0 Å². The summed E-state index contributed by atoms with van der Waals surface area (Å²) >= 11 is 0. The maximum Gasteiger partial charge on any atom is -0.00921 e. The summed E-state index contributed by atoms with van der Waals surface area (Å²) in [6.45, 7) is 0. The van der Waals surface area contributed by atoms with Crippen molar-refractivity contribution in [2.24, 2.45) is 0 Å². The molecule has 0 aliphatic rings. The first kappa shape index (κ1) is 48.9. The van der Waals surface area contributed by atoms with Gasteiger partial charge in [-0.3, -0.25) is 0 Å². The number of rotatable bonds is 9. The second kappa shape index (κ2) is 20.6. The van der Waals surface area contributed by atoms with Gasteiger partial charge in [0, 0.05) is 0 Å². The topological polar surface area (TPSA) is 0 Å². The van der Waals surface area contributed by atoms with Crippen LogP contribution in [0.4, 0.5) is 0 Å². The zero-order chi connectivity index (χ0) is 55.5. The lowest BCUT2D eigenvalue weighted by molar-refractivity contribution is 1.60. The molecular formula is C84H54. The largest absolute Gasteiger partial charge is 0.0622 e. The molecule has 0 amide bonds. The average Bonchev–Trinajstić information content (AvgIpc) is 1.63. The van der Waals surface area contributed by atoms with E-state index in [0.29, 0.717) is 0 Å². The summed E-state index contributed by atoms with van der Waals surface area (Å²) in [5.74, 6) is 0. The molecule has 0 aliphatic heterocycles. The van der Waals surface area contributed by atoms with Crippen molar-refractivity contribution in [2.75, 3.05) is 0 Å². The van der Waals surface area contributed by atoms with Crippen LogP contribution in [0.25, 0.3) is 165 Å². The molecule has 0 fully saturated rings. The van der Waals surface area contributed by atoms with Gasteiger partial charge in [-0.1, -0.05) is 291 Å². The SMILES string of the molecule is c1ccc(-c2ccccc2-c2cc3c4cc(-c5ccc6c(-c7ccccc7-c7ccccc7)cc7c8ccccc8c(-c8ccccc8-c8ccccc8)cc7c6c5)ccc4c(-c4ccccc4-c4ccccc4)cc3c3ccccc23)cc1. The van der Waals surface area contributed by atoms with Crippen molar-refractivity contribution < 1.29 is 0 Å². The monoisotopic (exact) mass is 1060 g/mol. The second-order valence-electron chi connectivity index (χ2n) is 22.1. The lowest BCUT2D eigenvalue weighted by Gasteiger charge is -2.20. The quantitative estimate of drug-likeness (QED) is 0.126. The normalized spacial score (nSPS) is 11.6. The summed E-state index contributed by atoms with van der Waals surface area (Å²) in [5.41, 5.74) is 21.7. The zero-order valence-electron chi connectivity index (χ0n) is 46.2. The van der Waals surface area contributed by atoms with E-state index in [4.69, 9.17) is 0 Å². The summed E-state index contributed by atoms with van der Waals surface area (Å²) in [4.78, 5) is 0. The molecule has 16 aromatic rings. The molecule has 16 rings (SSSR count). The first-order valence-electron chi connectivity index (χ1n) is 29.1. The van der Waals surface area contributed by atoms with Gasteiger partial charge in [0.1, 0.15) is 0 Å². The second-order valence-corrected chi connectivity index (χ2v) is 22.1. The minimum Gasteiger partial charge on any atom is -0.0622 e. The summed E-state index contributed by atoms with van der Waals surface area (Å²) in [7, 11) is 0. The maximum atomic E-state index is 2.49. The van der Waals surface area contributed by atoms with Crippen LogP contribution < -0.4 is 0 Å². The first-order valence-corrected chi connectivity index (χ1v) is 29.1. The molecule has 84 heavy (non-hydrogen) atoms. The molecule has 0 atom stereocenters. The van der Waals surface area contributed by atoms with Crippen molar-refractivity contribution in [2.45, 2.75) is 0 Å². The molecule has 390 valence electrons. The molecule has 0 saturated heterocycles. The van der Waals surface area contributed by atoms with Crippen LogP contribution in [0.2, 0.25) is 0 Å². The van der Waals surface area contributed by atoms with E-state index in [1.165, 1.54) is 154 Å². The fourth-order valence-electron chi connectivity index (χ4n) is 13.6. The smallest absolute Gasteiger partial charge is 0.00921 e. The molecule has 0 heterocycles. The third-order valence-electron chi connectivity index (χ3n) is 17.5. The first-order chi connectivity index (χ1) is 41.7. The third-order valence-corrected chi connectivity index (χ3v) is 17.5. The van der Waals surface area contributed by atoms with E-state index in [9.17, 15) is 0 Å². The minimum absolute atomic E-state index is 1.16. The predicted molar refractivity (Wildman–Crippen MR) is 360 cm³/mol. The van der Waals surface area contributed by atoms with E-state index >= 15 is 0 Å². The molecule has 16 aromatic carbocycles. The number of hydrogen-bond donors (Lipinski definition) is 0. The molecule has 0 heteroatoms. The number of benzene rings is 16. The summed E-state index contributed by atoms with van der Waals surface area (Å²) in [6.07, 6.45) is 0. The van der Waals surface area contributed by atoms with Crippen LogP contribution in [0, 0.1) is 0 Å². The standard InChI is InChI=1S/C84H54/c1-5-25-55(26-6-1)61-33-13-17-37-65(61)77-53-83-75-49-59(45-47-73(75)79(51-81(83)71-43-23-21-41-69(71)77)67-39-19-15-35-63(67)57-29-9-3-10-30-57)60-46-48-74-76(50-60)84-54-78(66-38-18-14-34-62(66)56-27-7-2-8-28-56)70-42-22-24-44-72(70)82(84)52-80(74)68-40-20-16-36-64(68)58-31-11-4-12-32-58/h1-54H. The van der Waals surface area contributed by atoms with E-state index in [2.05, 4.69) is 328 Å². The van der Waals surface area contributed by atoms with Crippen LogP contribution in [-0.4, -0.2) is 0 Å². The van der Waals surface area contributed by atoms with E-state index < -0.39 is 0 Å². The Balaban J connectivity index is 0.997. The number of hydrogen-bond acceptors (Lipinski definition) is 0. The van der Waals surface area contributed by atoms with Gasteiger partial charge < -0.3 is 0 Å². The van der Waals surface area contributed by atoms with Gasteiger partial charge in [-0.2, -0.15) is 0 Å². The van der Waals surface area contributed by atoms with Crippen LogP contribution in [-0.2, 0) is 0 Å². The van der Waals surface area contributed by atoms with Crippen LogP contribution >= 0.6 is 0 Å². The van der Waals surface area contributed by atoms with Crippen LogP contribution in [0.15, 0.2) is 328 Å². The van der Waals surface area contributed by atoms with Crippen molar-refractivity contribution in [3.05, 3.63) is 328 Å². The number of fused-ring (bicyclic) bond motifs is 10. The molecular weight excluding hydrogens is 1010 g/mol. The molecule has 0 unspecified atom stereocenters. The summed E-state index contributed by atoms with van der Waals surface area (Å²) < 4.78 is 0. The van der Waals surface area contributed by atoms with Crippen LogP contribution in [0.1, 0.15) is 0 Å². The predicted octanol–water partition coefficient (Wildman–Crippen LogP) is 23.6. The molecule has 0 nitrogen and oxygen atoms in total. The molecule has 0 N–H and O–H groups in total. The Morgan fingerprint density at radius 2 is 0.298 bits per heavy atom. The fraction of sp³-hybridized carbons (Fsp3) is 0. The molecule has 0 aromatic heterocycles. The summed E-state index contributed by atoms with van der Waals surface area (Å²) in [6, 6.07) is 122. The highest BCUT2D eigenvalue weighted by Crippen LogP contribution is 2.49. The van der Waals surface area contributed by atoms with Gasteiger partial charge in [-0.05, 0) is 201 Å². The van der Waals surface area contributed by atoms with Crippen molar-refractivity contribution in [3.8, 4) is 100 Å².